The van der Waals surface area contributed by atoms with E-state index in [0.29, 0.717) is 36.4 Å². The molecule has 0 aromatic carbocycles. The number of alkyl halides is 3. The average molecular weight is 518 g/mol. The minimum Gasteiger partial charge on any atom is -0.471 e. The fraction of sp³-hybridized carbons (Fsp3) is 0.520. The smallest absolute Gasteiger partial charge is 0.471 e. The van der Waals surface area contributed by atoms with E-state index in [1.807, 2.05) is 40.7 Å². The lowest BCUT2D eigenvalue weighted by molar-refractivity contribution is -0.303. The van der Waals surface area contributed by atoms with E-state index in [4.69, 9.17) is 9.57 Å². The number of oxime groups is 1. The van der Waals surface area contributed by atoms with Gasteiger partial charge in [0.25, 0.3) is 0 Å². The van der Waals surface area contributed by atoms with E-state index in [-0.39, 0.29) is 5.76 Å². The molecule has 0 bridgehead atoms. The summed E-state index contributed by atoms with van der Waals surface area (Å²) in [5.74, 6) is 0.818. The number of hydrogen-bond acceptors (Lipinski definition) is 7. The van der Waals surface area contributed by atoms with Crippen LogP contribution in [0, 0.1) is 0 Å². The molecule has 0 radical (unpaired) electrons. The van der Waals surface area contributed by atoms with Crippen molar-refractivity contribution < 1.29 is 27.5 Å². The molecule has 2 aliphatic rings. The van der Waals surface area contributed by atoms with E-state index in [0.717, 1.165) is 16.2 Å². The monoisotopic (exact) mass is 517 g/mol. The summed E-state index contributed by atoms with van der Waals surface area (Å²) in [6.45, 7) is 14.3. The molecule has 1 N–H and O–H groups in total. The molecule has 0 aromatic rings. The molecular weight excluding hydrogens is 479 g/mol. The van der Waals surface area contributed by atoms with Crippen LogP contribution in [0.1, 0.15) is 61.3 Å². The maximum Gasteiger partial charge on any atom is 0.573 e. The Morgan fingerprint density at radius 1 is 1.26 bits per heavy atom. The summed E-state index contributed by atoms with van der Waals surface area (Å²) in [5.41, 5.74) is 4.51. The summed E-state index contributed by atoms with van der Waals surface area (Å²) < 4.78 is 46.7. The lowest BCUT2D eigenvalue weighted by Crippen LogP contribution is -2.14. The van der Waals surface area contributed by atoms with Gasteiger partial charge >= 0.3 is 6.36 Å². The lowest BCUT2D eigenvalue weighted by Gasteiger charge is -2.09. The summed E-state index contributed by atoms with van der Waals surface area (Å²) >= 11 is 1.60. The van der Waals surface area contributed by atoms with Gasteiger partial charge in [-0.2, -0.15) is 5.10 Å². The summed E-state index contributed by atoms with van der Waals surface area (Å²) in [6.07, 6.45) is 5.64. The van der Waals surface area contributed by atoms with E-state index >= 15 is 0 Å². The van der Waals surface area contributed by atoms with Crippen LogP contribution in [0.5, 0.6) is 0 Å². The van der Waals surface area contributed by atoms with Crippen LogP contribution in [-0.4, -0.2) is 36.2 Å². The molecule has 0 fully saturated rings. The van der Waals surface area contributed by atoms with Crippen molar-refractivity contribution >= 4 is 22.7 Å². The van der Waals surface area contributed by atoms with Gasteiger partial charge in [0.1, 0.15) is 23.2 Å². The number of nitrogens with zero attached hydrogens (tertiary/aromatic N) is 2. The predicted molar refractivity (Wildman–Crippen MR) is 140 cm³/mol. The van der Waals surface area contributed by atoms with Gasteiger partial charge in [-0.1, -0.05) is 59.8 Å². The van der Waals surface area contributed by atoms with Crippen molar-refractivity contribution in [1.82, 2.24) is 5.43 Å². The number of allylic oxidation sites excluding steroid dienone is 8. The molecule has 35 heavy (non-hydrogen) atoms. The third-order valence-electron chi connectivity index (χ3n) is 3.89. The first-order valence-electron chi connectivity index (χ1n) is 11.6. The molecule has 0 saturated carbocycles. The van der Waals surface area contributed by atoms with E-state index in [2.05, 4.69) is 34.3 Å². The molecule has 198 valence electrons. The average Bonchev–Trinajstić information content (AvgIpc) is 3.15. The maximum absolute atomic E-state index is 12.4. The molecule has 0 unspecified atom stereocenters. The molecule has 0 spiro atoms. The Morgan fingerprint density at radius 2 is 1.94 bits per heavy atom. The number of nitrogens with one attached hydrogen (secondary N) is 1. The topological polar surface area (TPSA) is 64.4 Å². The molecule has 1 aliphatic carbocycles. The lowest BCUT2D eigenvalue weighted by atomic mass is 10.0. The standard InChI is InChI=1S/C21H26F3N3O3S.2C2H6/c1-14(2)31-20(26-25-4)13-28-19-12-18(30-27-19)10-8-15(3)16-6-5-7-17(11-9-16)29-21(22,23)24;2*1-2/h5,7-11,14,25H,6,12-13H2,1-4H3;2*1-2H3/b15-8+,18-10+,26-20-;;. The first kappa shape index (κ1) is 32.4. The van der Waals surface area contributed by atoms with Gasteiger partial charge in [-0.15, -0.1) is 24.9 Å². The van der Waals surface area contributed by atoms with Crippen LogP contribution in [0.2, 0.25) is 0 Å². The van der Waals surface area contributed by atoms with Gasteiger partial charge in [-0.25, -0.2) is 0 Å². The maximum atomic E-state index is 12.4. The third-order valence-corrected chi connectivity index (χ3v) is 4.84. The van der Waals surface area contributed by atoms with Gasteiger partial charge in [0.15, 0.2) is 0 Å². The first-order valence-corrected chi connectivity index (χ1v) is 12.5. The Bertz CT molecular complexity index is 856. The SMILES string of the molecule is CC.CC.CN/N=C(/COC1=NO/C(=C/C=C(\C)C2=CC=C(OC(F)(F)F)C=CC2)C1)SC(C)C. The Kier molecular flexibility index (Phi) is 16.4. The summed E-state index contributed by atoms with van der Waals surface area (Å²) in [4.78, 5) is 5.30. The zero-order valence-electron chi connectivity index (χ0n) is 21.8. The van der Waals surface area contributed by atoms with Crippen molar-refractivity contribution in [2.45, 2.75) is 72.9 Å². The zero-order valence-corrected chi connectivity index (χ0v) is 22.6. The molecule has 1 heterocycles. The van der Waals surface area contributed by atoms with Crippen molar-refractivity contribution in [1.29, 1.82) is 0 Å². The van der Waals surface area contributed by atoms with Gasteiger partial charge < -0.3 is 19.7 Å². The van der Waals surface area contributed by atoms with Crippen molar-refractivity contribution in [2.24, 2.45) is 10.3 Å². The van der Waals surface area contributed by atoms with Gasteiger partial charge in [0, 0.05) is 12.3 Å². The van der Waals surface area contributed by atoms with Gasteiger partial charge in [-0.05, 0) is 47.9 Å². The summed E-state index contributed by atoms with van der Waals surface area (Å²) in [5, 5.41) is 9.30. The molecule has 0 saturated heterocycles. The van der Waals surface area contributed by atoms with Crippen LogP contribution in [0.3, 0.4) is 0 Å². The van der Waals surface area contributed by atoms with Crippen molar-refractivity contribution in [3.63, 3.8) is 0 Å². The zero-order chi connectivity index (χ0) is 26.9. The normalized spacial score (nSPS) is 17.1. The highest BCUT2D eigenvalue weighted by Gasteiger charge is 2.31. The fourth-order valence-corrected chi connectivity index (χ4v) is 3.37. The third kappa shape index (κ3) is 14.4. The van der Waals surface area contributed by atoms with E-state index in [1.54, 1.807) is 37.0 Å². The van der Waals surface area contributed by atoms with Crippen LogP contribution in [0.4, 0.5) is 13.2 Å². The van der Waals surface area contributed by atoms with Crippen LogP contribution >= 0.6 is 11.8 Å². The molecule has 6 nitrogen and oxygen atoms in total. The molecule has 0 atom stereocenters. The highest BCUT2D eigenvalue weighted by Crippen LogP contribution is 2.25. The molecule has 0 amide bonds. The summed E-state index contributed by atoms with van der Waals surface area (Å²) in [7, 11) is 1.73. The molecular formula is C25H38F3N3O3S. The number of hydrazone groups is 1. The fourth-order valence-electron chi connectivity index (χ4n) is 2.55. The number of thioether (sulfide) groups is 1. The predicted octanol–water partition coefficient (Wildman–Crippen LogP) is 7.60. The number of halogens is 3. The molecule has 10 heteroatoms. The molecule has 1 aliphatic heterocycles. The molecule has 0 aromatic heterocycles. The number of hydrogen-bond donors (Lipinski definition) is 1. The largest absolute Gasteiger partial charge is 0.573 e. The second-order valence-electron chi connectivity index (χ2n) is 6.84. The quantitative estimate of drug-likeness (QED) is 0.214. The van der Waals surface area contributed by atoms with Crippen molar-refractivity contribution in [2.75, 3.05) is 13.7 Å². The van der Waals surface area contributed by atoms with Gasteiger partial charge in [-0.3, -0.25) is 0 Å². The minimum absolute atomic E-state index is 0.250. The number of ether oxygens (including phenoxy) is 2. The van der Waals surface area contributed by atoms with Crippen molar-refractivity contribution in [3.8, 4) is 0 Å². The highest BCUT2D eigenvalue weighted by atomic mass is 32.2. The van der Waals surface area contributed by atoms with Crippen LogP contribution in [-0.2, 0) is 14.3 Å². The Labute approximate surface area is 211 Å². The highest BCUT2D eigenvalue weighted by molar-refractivity contribution is 8.14. The Hall–Kier alpha value is -2.62. The second kappa shape index (κ2) is 17.8. The van der Waals surface area contributed by atoms with Crippen LogP contribution < -0.4 is 5.43 Å². The second-order valence-corrected chi connectivity index (χ2v) is 8.49. The van der Waals surface area contributed by atoms with Crippen molar-refractivity contribution in [3.05, 3.63) is 59.1 Å². The van der Waals surface area contributed by atoms with Gasteiger partial charge in [0.2, 0.25) is 5.90 Å². The van der Waals surface area contributed by atoms with E-state index < -0.39 is 6.36 Å². The van der Waals surface area contributed by atoms with E-state index in [1.165, 1.54) is 12.2 Å². The van der Waals surface area contributed by atoms with Crippen LogP contribution in [0.15, 0.2) is 69.4 Å². The number of rotatable bonds is 7. The van der Waals surface area contributed by atoms with Gasteiger partial charge in [0.05, 0.1) is 6.42 Å². The Balaban J connectivity index is 0.00000274. The Morgan fingerprint density at radius 3 is 2.54 bits per heavy atom. The first-order chi connectivity index (χ1) is 16.7. The molecule has 2 rings (SSSR count). The van der Waals surface area contributed by atoms with E-state index in [9.17, 15) is 13.2 Å². The van der Waals surface area contributed by atoms with Crippen LogP contribution in [0.25, 0.3) is 0 Å². The summed E-state index contributed by atoms with van der Waals surface area (Å²) in [6, 6.07) is 0. The minimum atomic E-state index is -4.71.